The number of hydrogen-bond acceptors (Lipinski definition) is 4. The first-order chi connectivity index (χ1) is 16.0. The molecule has 3 aliphatic heterocycles. The number of benzene rings is 2. The van der Waals surface area contributed by atoms with Crippen molar-refractivity contribution in [3.63, 3.8) is 0 Å². The second kappa shape index (κ2) is 7.73. The number of aromatic carboxylic acids is 1. The van der Waals surface area contributed by atoms with E-state index in [1.807, 2.05) is 0 Å². The summed E-state index contributed by atoms with van der Waals surface area (Å²) >= 11 is 0. The van der Waals surface area contributed by atoms with Crippen LogP contribution in [0.3, 0.4) is 0 Å². The fourth-order valence-corrected chi connectivity index (χ4v) is 5.50. The summed E-state index contributed by atoms with van der Waals surface area (Å²) in [6, 6.07) is 9.55. The molecular weight excluding hydrogens is 451 g/mol. The highest BCUT2D eigenvalue weighted by Crippen LogP contribution is 2.55. The SMILES string of the molecule is CC1(C)Oc2c(cccc2C(F)(F)F)[C@@H]2O[C@@H]3CCN(C(=O)c4ccc(C(=O)O)cc4)[C@@H]3C[C@H]21. The Kier molecular flexibility index (Phi) is 5.16. The van der Waals surface area contributed by atoms with Crippen molar-refractivity contribution in [3.8, 4) is 5.75 Å². The van der Waals surface area contributed by atoms with E-state index in [0.717, 1.165) is 6.07 Å². The smallest absolute Gasteiger partial charge is 0.419 e. The minimum atomic E-state index is -4.54. The van der Waals surface area contributed by atoms with Gasteiger partial charge in [-0.05, 0) is 57.0 Å². The summed E-state index contributed by atoms with van der Waals surface area (Å²) in [6.45, 7) is 3.97. The lowest BCUT2D eigenvalue weighted by Crippen LogP contribution is -2.54. The maximum Gasteiger partial charge on any atom is 0.419 e. The lowest BCUT2D eigenvalue weighted by molar-refractivity contribution is -0.166. The highest BCUT2D eigenvalue weighted by molar-refractivity contribution is 5.96. The van der Waals surface area contributed by atoms with Crippen LogP contribution in [0.4, 0.5) is 13.2 Å². The molecule has 1 N–H and O–H groups in total. The van der Waals surface area contributed by atoms with Crippen molar-refractivity contribution in [2.45, 2.75) is 56.7 Å². The van der Waals surface area contributed by atoms with Crippen molar-refractivity contribution in [1.29, 1.82) is 0 Å². The van der Waals surface area contributed by atoms with Gasteiger partial charge in [-0.15, -0.1) is 0 Å². The van der Waals surface area contributed by atoms with E-state index >= 15 is 0 Å². The average Bonchev–Trinajstić information content (AvgIpc) is 3.19. The van der Waals surface area contributed by atoms with Crippen molar-refractivity contribution in [1.82, 2.24) is 4.90 Å². The van der Waals surface area contributed by atoms with E-state index in [0.29, 0.717) is 30.5 Å². The lowest BCUT2D eigenvalue weighted by Gasteiger charge is -2.51. The first-order valence-corrected chi connectivity index (χ1v) is 11.2. The van der Waals surface area contributed by atoms with Gasteiger partial charge >= 0.3 is 12.1 Å². The molecule has 1 amide bonds. The molecule has 0 saturated carbocycles. The molecule has 2 aromatic rings. The first-order valence-electron chi connectivity index (χ1n) is 11.2. The molecule has 2 saturated heterocycles. The topological polar surface area (TPSA) is 76.1 Å². The predicted molar refractivity (Wildman–Crippen MR) is 115 cm³/mol. The Morgan fingerprint density at radius 2 is 1.76 bits per heavy atom. The Balaban J connectivity index is 1.44. The summed E-state index contributed by atoms with van der Waals surface area (Å²) in [5.41, 5.74) is -0.878. The molecule has 0 unspecified atom stereocenters. The number of carbonyl (C=O) groups excluding carboxylic acids is 1. The molecule has 34 heavy (non-hydrogen) atoms. The van der Waals surface area contributed by atoms with Gasteiger partial charge in [0.25, 0.3) is 5.91 Å². The molecule has 0 aromatic heterocycles. The lowest BCUT2D eigenvalue weighted by atomic mass is 9.73. The van der Waals surface area contributed by atoms with Crippen LogP contribution in [0.5, 0.6) is 5.75 Å². The van der Waals surface area contributed by atoms with E-state index in [4.69, 9.17) is 14.6 Å². The van der Waals surface area contributed by atoms with Gasteiger partial charge in [0.15, 0.2) is 0 Å². The number of carboxylic acid groups (broad SMARTS) is 1. The van der Waals surface area contributed by atoms with E-state index in [-0.39, 0.29) is 35.3 Å². The quantitative estimate of drug-likeness (QED) is 0.666. The van der Waals surface area contributed by atoms with Crippen molar-refractivity contribution in [2.24, 2.45) is 5.92 Å². The first kappa shape index (κ1) is 22.7. The Morgan fingerprint density at radius 3 is 2.41 bits per heavy atom. The van der Waals surface area contributed by atoms with E-state index in [1.165, 1.54) is 30.3 Å². The highest BCUT2D eigenvalue weighted by atomic mass is 19.4. The van der Waals surface area contributed by atoms with E-state index < -0.39 is 29.4 Å². The number of amides is 1. The molecule has 0 spiro atoms. The minimum absolute atomic E-state index is 0.0951. The summed E-state index contributed by atoms with van der Waals surface area (Å²) in [6.07, 6.45) is -4.32. The molecule has 0 aliphatic carbocycles. The van der Waals surface area contributed by atoms with Crippen LogP contribution < -0.4 is 4.74 Å². The number of fused-ring (bicyclic) bond motifs is 4. The predicted octanol–water partition coefficient (Wildman–Crippen LogP) is 4.94. The normalized spacial score (nSPS) is 27.3. The van der Waals surface area contributed by atoms with Crippen molar-refractivity contribution in [2.75, 3.05) is 6.54 Å². The monoisotopic (exact) mass is 475 g/mol. The van der Waals surface area contributed by atoms with Crippen LogP contribution in [0.2, 0.25) is 0 Å². The number of para-hydroxylation sites is 1. The Bertz CT molecular complexity index is 1140. The van der Waals surface area contributed by atoms with E-state index in [9.17, 15) is 22.8 Å². The summed E-state index contributed by atoms with van der Waals surface area (Å²) in [5, 5.41) is 9.08. The molecule has 9 heteroatoms. The maximum atomic E-state index is 13.6. The molecule has 2 fully saturated rings. The summed E-state index contributed by atoms with van der Waals surface area (Å²) in [4.78, 5) is 26.1. The van der Waals surface area contributed by atoms with Crippen LogP contribution in [0.25, 0.3) is 0 Å². The van der Waals surface area contributed by atoms with Gasteiger partial charge in [-0.3, -0.25) is 4.79 Å². The average molecular weight is 475 g/mol. The molecule has 3 aliphatic rings. The Morgan fingerprint density at radius 1 is 1.09 bits per heavy atom. The van der Waals surface area contributed by atoms with Crippen LogP contribution in [0.15, 0.2) is 42.5 Å². The van der Waals surface area contributed by atoms with Crippen LogP contribution in [0, 0.1) is 5.92 Å². The van der Waals surface area contributed by atoms with Gasteiger partial charge in [-0.1, -0.05) is 12.1 Å². The number of likely N-dealkylation sites (tertiary alicyclic amines) is 1. The van der Waals surface area contributed by atoms with E-state index in [2.05, 4.69) is 0 Å². The maximum absolute atomic E-state index is 13.6. The Labute approximate surface area is 194 Å². The number of hydrogen-bond donors (Lipinski definition) is 1. The zero-order valence-corrected chi connectivity index (χ0v) is 18.6. The van der Waals surface area contributed by atoms with Crippen LogP contribution in [-0.2, 0) is 10.9 Å². The van der Waals surface area contributed by atoms with Crippen molar-refractivity contribution < 1.29 is 37.3 Å². The van der Waals surface area contributed by atoms with Gasteiger partial charge < -0.3 is 19.5 Å². The van der Waals surface area contributed by atoms with Gasteiger partial charge in [0.2, 0.25) is 0 Å². The third-order valence-corrected chi connectivity index (χ3v) is 7.22. The number of carboxylic acids is 1. The van der Waals surface area contributed by atoms with Crippen LogP contribution in [0.1, 0.15) is 64.6 Å². The number of halogens is 3. The van der Waals surface area contributed by atoms with Gasteiger partial charge in [-0.2, -0.15) is 13.2 Å². The van der Waals surface area contributed by atoms with Crippen molar-refractivity contribution >= 4 is 11.9 Å². The number of rotatable bonds is 2. The molecule has 180 valence electrons. The molecule has 4 atom stereocenters. The molecular formula is C25H24F3NO5. The molecule has 0 bridgehead atoms. The van der Waals surface area contributed by atoms with Gasteiger partial charge in [0.1, 0.15) is 11.4 Å². The van der Waals surface area contributed by atoms with Gasteiger partial charge in [0.05, 0.1) is 29.4 Å². The van der Waals surface area contributed by atoms with E-state index in [1.54, 1.807) is 24.8 Å². The fraction of sp³-hybridized carbons (Fsp3) is 0.440. The molecule has 2 aromatic carbocycles. The largest absolute Gasteiger partial charge is 0.486 e. The number of alkyl halides is 3. The minimum Gasteiger partial charge on any atom is -0.486 e. The second-order valence-electron chi connectivity index (χ2n) is 9.60. The fourth-order valence-electron chi connectivity index (χ4n) is 5.50. The number of ether oxygens (including phenoxy) is 2. The van der Waals surface area contributed by atoms with Gasteiger partial charge in [0, 0.05) is 23.6 Å². The highest BCUT2D eigenvalue weighted by Gasteiger charge is 2.55. The van der Waals surface area contributed by atoms with Crippen LogP contribution in [-0.4, -0.2) is 46.2 Å². The van der Waals surface area contributed by atoms with Crippen LogP contribution >= 0.6 is 0 Å². The second-order valence-corrected chi connectivity index (χ2v) is 9.60. The third-order valence-electron chi connectivity index (χ3n) is 7.22. The van der Waals surface area contributed by atoms with Crippen molar-refractivity contribution in [3.05, 3.63) is 64.7 Å². The molecule has 3 heterocycles. The third kappa shape index (κ3) is 3.62. The van der Waals surface area contributed by atoms with Gasteiger partial charge in [-0.25, -0.2) is 4.79 Å². The molecule has 5 rings (SSSR count). The summed E-state index contributed by atoms with van der Waals surface area (Å²) in [5.74, 6) is -1.72. The number of carbonyl (C=O) groups is 2. The molecule has 6 nitrogen and oxygen atoms in total. The number of nitrogens with zero attached hydrogens (tertiary/aromatic N) is 1. The zero-order chi connectivity index (χ0) is 24.4. The summed E-state index contributed by atoms with van der Waals surface area (Å²) in [7, 11) is 0. The standard InChI is InChI=1S/C25H24F3NO5/c1-24(2)17-12-18-19(10-11-29(18)22(30)13-6-8-14(9-7-13)23(31)32)33-20(17)15-4-3-5-16(21(15)34-24)25(26,27)28/h3-9,17-20H,10-12H2,1-2H3,(H,31,32)/t17-,18-,19-,20+/m1/s1. The summed E-state index contributed by atoms with van der Waals surface area (Å²) < 4.78 is 53.3. The zero-order valence-electron chi connectivity index (χ0n) is 18.6. The Hall–Kier alpha value is -3.07. The molecule has 0 radical (unpaired) electrons.